The highest BCUT2D eigenvalue weighted by atomic mass is 32.2. The lowest BCUT2D eigenvalue weighted by Crippen LogP contribution is -2.26. The number of carbonyl (C=O) groups excluding carboxylic acids is 1. The van der Waals surface area contributed by atoms with Crippen LogP contribution < -0.4 is 9.62 Å². The van der Waals surface area contributed by atoms with Gasteiger partial charge < -0.3 is 5.32 Å². The third-order valence-corrected chi connectivity index (χ3v) is 6.74. The van der Waals surface area contributed by atoms with Crippen molar-refractivity contribution >= 4 is 27.3 Å². The van der Waals surface area contributed by atoms with E-state index in [2.05, 4.69) is 5.32 Å². The molecule has 2 unspecified atom stereocenters. The van der Waals surface area contributed by atoms with Gasteiger partial charge in [0.25, 0.3) is 0 Å². The van der Waals surface area contributed by atoms with Gasteiger partial charge in [-0.25, -0.2) is 8.42 Å². The van der Waals surface area contributed by atoms with Gasteiger partial charge in [-0.3, -0.25) is 9.10 Å². The SMILES string of the molecule is CN(c1ccc(-c2ccccc2)cc1NC(=O)C1CC1c1ccccc1)S(C)(=O)=O. The zero-order valence-corrected chi connectivity index (χ0v) is 17.8. The van der Waals surface area contributed by atoms with E-state index >= 15 is 0 Å². The van der Waals surface area contributed by atoms with Crippen LogP contribution in [0.25, 0.3) is 11.1 Å². The van der Waals surface area contributed by atoms with Crippen LogP contribution in [-0.2, 0) is 14.8 Å². The van der Waals surface area contributed by atoms with Gasteiger partial charge in [0.05, 0.1) is 17.6 Å². The fraction of sp³-hybridized carbons (Fsp3) is 0.208. The molecule has 30 heavy (non-hydrogen) atoms. The summed E-state index contributed by atoms with van der Waals surface area (Å²) in [5.41, 5.74) is 4.00. The molecule has 1 amide bonds. The van der Waals surface area contributed by atoms with Crippen molar-refractivity contribution in [1.82, 2.24) is 0 Å². The van der Waals surface area contributed by atoms with Crippen LogP contribution in [0.2, 0.25) is 0 Å². The van der Waals surface area contributed by atoms with Crippen molar-refractivity contribution < 1.29 is 13.2 Å². The lowest BCUT2D eigenvalue weighted by molar-refractivity contribution is -0.117. The van der Waals surface area contributed by atoms with Gasteiger partial charge in [0.1, 0.15) is 0 Å². The number of hydrogen-bond acceptors (Lipinski definition) is 3. The zero-order chi connectivity index (χ0) is 21.3. The average Bonchev–Trinajstić information content (AvgIpc) is 3.55. The molecule has 1 fully saturated rings. The van der Waals surface area contributed by atoms with Crippen molar-refractivity contribution in [3.05, 3.63) is 84.4 Å². The van der Waals surface area contributed by atoms with Crippen LogP contribution in [0.4, 0.5) is 11.4 Å². The first kappa shape index (κ1) is 20.2. The molecule has 6 heteroatoms. The number of benzene rings is 3. The first-order chi connectivity index (χ1) is 14.3. The van der Waals surface area contributed by atoms with Crippen molar-refractivity contribution in [3.63, 3.8) is 0 Å². The summed E-state index contributed by atoms with van der Waals surface area (Å²) in [6, 6.07) is 25.2. The molecule has 3 aromatic rings. The summed E-state index contributed by atoms with van der Waals surface area (Å²) in [5.74, 6) is 0.0148. The Morgan fingerprint density at radius 2 is 1.57 bits per heavy atom. The molecule has 0 bridgehead atoms. The number of anilines is 2. The number of nitrogens with zero attached hydrogens (tertiary/aromatic N) is 1. The van der Waals surface area contributed by atoms with Crippen molar-refractivity contribution in [2.75, 3.05) is 22.9 Å². The molecule has 0 radical (unpaired) electrons. The molecular formula is C24H24N2O3S. The van der Waals surface area contributed by atoms with Crippen LogP contribution in [0.15, 0.2) is 78.9 Å². The predicted molar refractivity (Wildman–Crippen MR) is 121 cm³/mol. The highest BCUT2D eigenvalue weighted by Crippen LogP contribution is 2.48. The number of nitrogens with one attached hydrogen (secondary N) is 1. The molecule has 1 aliphatic rings. The third kappa shape index (κ3) is 4.24. The maximum atomic E-state index is 13.0. The molecule has 0 aromatic heterocycles. The fourth-order valence-electron chi connectivity index (χ4n) is 3.68. The van der Waals surface area contributed by atoms with Gasteiger partial charge in [-0.15, -0.1) is 0 Å². The Kier molecular flexibility index (Phi) is 5.35. The molecular weight excluding hydrogens is 396 g/mol. The summed E-state index contributed by atoms with van der Waals surface area (Å²) in [6.45, 7) is 0. The fourth-order valence-corrected chi connectivity index (χ4v) is 4.19. The van der Waals surface area contributed by atoms with Gasteiger partial charge >= 0.3 is 0 Å². The van der Waals surface area contributed by atoms with Crippen molar-refractivity contribution in [3.8, 4) is 11.1 Å². The van der Waals surface area contributed by atoms with E-state index < -0.39 is 10.0 Å². The summed E-state index contributed by atoms with van der Waals surface area (Å²) in [7, 11) is -1.98. The summed E-state index contributed by atoms with van der Waals surface area (Å²) in [4.78, 5) is 13.0. The first-order valence-electron chi connectivity index (χ1n) is 9.84. The van der Waals surface area contributed by atoms with Gasteiger partial charge in [0, 0.05) is 13.0 Å². The molecule has 2 atom stereocenters. The lowest BCUT2D eigenvalue weighted by Gasteiger charge is -2.21. The molecule has 0 spiro atoms. The molecule has 0 saturated heterocycles. The van der Waals surface area contributed by atoms with Crippen molar-refractivity contribution in [2.45, 2.75) is 12.3 Å². The van der Waals surface area contributed by atoms with Gasteiger partial charge in [0.15, 0.2) is 0 Å². The van der Waals surface area contributed by atoms with Gasteiger partial charge in [0.2, 0.25) is 15.9 Å². The Bertz CT molecular complexity index is 1160. The Labute approximate surface area is 177 Å². The molecule has 4 rings (SSSR count). The van der Waals surface area contributed by atoms with Crippen LogP contribution in [0.5, 0.6) is 0 Å². The van der Waals surface area contributed by atoms with E-state index in [0.29, 0.717) is 11.4 Å². The number of hydrogen-bond donors (Lipinski definition) is 1. The second-order valence-corrected chi connectivity index (χ2v) is 9.69. The van der Waals surface area contributed by atoms with E-state index in [1.165, 1.54) is 11.4 Å². The monoisotopic (exact) mass is 420 g/mol. The Hall–Kier alpha value is -3.12. The normalized spacial score (nSPS) is 17.9. The van der Waals surface area contributed by atoms with Crippen molar-refractivity contribution in [1.29, 1.82) is 0 Å². The second-order valence-electron chi connectivity index (χ2n) is 7.68. The van der Waals surface area contributed by atoms with Gasteiger partial charge in [-0.05, 0) is 41.2 Å². The number of carbonyl (C=O) groups is 1. The van der Waals surface area contributed by atoms with Crippen LogP contribution in [0.3, 0.4) is 0 Å². The minimum Gasteiger partial charge on any atom is -0.324 e. The Morgan fingerprint density at radius 3 is 2.20 bits per heavy atom. The third-order valence-electron chi connectivity index (χ3n) is 5.55. The summed E-state index contributed by atoms with van der Waals surface area (Å²) in [5, 5.41) is 2.99. The first-order valence-corrected chi connectivity index (χ1v) is 11.7. The van der Waals surface area contributed by atoms with Crippen molar-refractivity contribution in [2.24, 2.45) is 5.92 Å². The highest BCUT2D eigenvalue weighted by molar-refractivity contribution is 7.92. The molecule has 1 saturated carbocycles. The van der Waals surface area contributed by atoms with Gasteiger partial charge in [-0.2, -0.15) is 0 Å². The summed E-state index contributed by atoms with van der Waals surface area (Å²) in [6.07, 6.45) is 1.95. The predicted octanol–water partition coefficient (Wildman–Crippen LogP) is 4.49. The van der Waals surface area contributed by atoms with E-state index in [0.717, 1.165) is 29.4 Å². The van der Waals surface area contributed by atoms with E-state index in [1.54, 1.807) is 6.07 Å². The molecule has 1 N–H and O–H groups in total. The van der Waals surface area contributed by atoms with Crippen LogP contribution in [0.1, 0.15) is 17.9 Å². The number of amides is 1. The smallest absolute Gasteiger partial charge is 0.232 e. The van der Waals surface area contributed by atoms with Crippen LogP contribution >= 0.6 is 0 Å². The molecule has 3 aromatic carbocycles. The second kappa shape index (κ2) is 7.95. The maximum Gasteiger partial charge on any atom is 0.232 e. The highest BCUT2D eigenvalue weighted by Gasteiger charge is 2.44. The maximum absolute atomic E-state index is 13.0. The molecule has 5 nitrogen and oxygen atoms in total. The van der Waals surface area contributed by atoms with Gasteiger partial charge in [-0.1, -0.05) is 66.7 Å². The van der Waals surface area contributed by atoms with E-state index in [1.807, 2.05) is 72.8 Å². The summed E-state index contributed by atoms with van der Waals surface area (Å²) >= 11 is 0. The molecule has 1 aliphatic carbocycles. The number of rotatable bonds is 6. The Balaban J connectivity index is 1.63. The number of sulfonamides is 1. The zero-order valence-electron chi connectivity index (χ0n) is 16.9. The molecule has 154 valence electrons. The van der Waals surface area contributed by atoms with E-state index in [9.17, 15) is 13.2 Å². The van der Waals surface area contributed by atoms with Crippen LogP contribution in [-0.4, -0.2) is 27.6 Å². The average molecular weight is 421 g/mol. The molecule has 0 aliphatic heterocycles. The minimum absolute atomic E-state index is 0.0859. The minimum atomic E-state index is -3.47. The van der Waals surface area contributed by atoms with Crippen LogP contribution in [0, 0.1) is 5.92 Å². The topological polar surface area (TPSA) is 66.5 Å². The summed E-state index contributed by atoms with van der Waals surface area (Å²) < 4.78 is 25.4. The standard InChI is InChI=1S/C24H24N2O3S/c1-26(30(2,28)29)23-14-13-19(17-9-5-3-6-10-17)15-22(23)25-24(27)21-16-20(21)18-11-7-4-8-12-18/h3-15,20-21H,16H2,1-2H3,(H,25,27). The van der Waals surface area contributed by atoms with E-state index in [4.69, 9.17) is 0 Å². The molecule has 0 heterocycles. The Morgan fingerprint density at radius 1 is 0.933 bits per heavy atom. The quantitative estimate of drug-likeness (QED) is 0.639. The lowest BCUT2D eigenvalue weighted by atomic mass is 10.0. The van der Waals surface area contributed by atoms with E-state index in [-0.39, 0.29) is 17.7 Å². The largest absolute Gasteiger partial charge is 0.324 e.